The van der Waals surface area contributed by atoms with Crippen LogP contribution in [0.2, 0.25) is 0 Å². The Hall–Kier alpha value is -1.88. The van der Waals surface area contributed by atoms with Gasteiger partial charge in [0.25, 0.3) is 5.91 Å². The SMILES string of the molecule is CCC1(O)C(=O)N(C)c2cc(C(=O)OC)ccc21. The molecule has 1 aromatic rings. The Labute approximate surface area is 105 Å². The largest absolute Gasteiger partial charge is 0.465 e. The van der Waals surface area contributed by atoms with Gasteiger partial charge in [0.2, 0.25) is 0 Å². The van der Waals surface area contributed by atoms with Crippen molar-refractivity contribution in [2.45, 2.75) is 18.9 Å². The third kappa shape index (κ3) is 1.51. The van der Waals surface area contributed by atoms with Gasteiger partial charge in [0.05, 0.1) is 18.4 Å². The number of aliphatic hydroxyl groups is 1. The number of benzene rings is 1. The van der Waals surface area contributed by atoms with Crippen molar-refractivity contribution >= 4 is 17.6 Å². The molecule has 1 aliphatic rings. The van der Waals surface area contributed by atoms with E-state index in [-0.39, 0.29) is 5.91 Å². The van der Waals surface area contributed by atoms with Gasteiger partial charge in [0.15, 0.2) is 5.60 Å². The van der Waals surface area contributed by atoms with Crippen LogP contribution in [0.3, 0.4) is 0 Å². The molecule has 96 valence electrons. The van der Waals surface area contributed by atoms with Crippen LogP contribution in [0, 0.1) is 0 Å². The molecule has 0 aromatic heterocycles. The molecule has 5 heteroatoms. The van der Waals surface area contributed by atoms with Gasteiger partial charge in [0, 0.05) is 12.6 Å². The number of anilines is 1. The fourth-order valence-corrected chi connectivity index (χ4v) is 2.25. The molecule has 1 amide bonds. The van der Waals surface area contributed by atoms with Crippen LogP contribution in [-0.4, -0.2) is 31.1 Å². The molecule has 1 aromatic carbocycles. The third-order valence-corrected chi connectivity index (χ3v) is 3.40. The Morgan fingerprint density at radius 1 is 1.50 bits per heavy atom. The summed E-state index contributed by atoms with van der Waals surface area (Å²) in [5.41, 5.74) is -0.0488. The molecule has 0 fully saturated rings. The minimum Gasteiger partial charge on any atom is -0.465 e. The second-order valence-corrected chi connectivity index (χ2v) is 4.30. The summed E-state index contributed by atoms with van der Waals surface area (Å²) in [6.45, 7) is 1.75. The fraction of sp³-hybridized carbons (Fsp3) is 0.385. The zero-order valence-corrected chi connectivity index (χ0v) is 10.6. The van der Waals surface area contributed by atoms with Crippen molar-refractivity contribution in [1.29, 1.82) is 0 Å². The number of methoxy groups -OCH3 is 1. The number of likely N-dealkylation sites (N-methyl/N-ethyl adjacent to an activating group) is 1. The Morgan fingerprint density at radius 2 is 2.17 bits per heavy atom. The molecule has 0 aliphatic carbocycles. The van der Waals surface area contributed by atoms with Gasteiger partial charge in [-0.1, -0.05) is 13.0 Å². The average Bonchev–Trinajstić information content (AvgIpc) is 2.60. The van der Waals surface area contributed by atoms with Gasteiger partial charge < -0.3 is 14.7 Å². The van der Waals surface area contributed by atoms with Crippen LogP contribution in [0.15, 0.2) is 18.2 Å². The number of amides is 1. The number of carbonyl (C=O) groups is 2. The zero-order valence-electron chi connectivity index (χ0n) is 10.6. The lowest BCUT2D eigenvalue weighted by molar-refractivity contribution is -0.136. The normalized spacial score (nSPS) is 22.0. The second kappa shape index (κ2) is 4.10. The minimum atomic E-state index is -1.49. The molecule has 0 spiro atoms. The number of carbonyl (C=O) groups excluding carboxylic acids is 2. The predicted molar refractivity (Wildman–Crippen MR) is 65.4 cm³/mol. The molecule has 1 heterocycles. The molecule has 18 heavy (non-hydrogen) atoms. The van der Waals surface area contributed by atoms with Crippen LogP contribution in [0.1, 0.15) is 29.3 Å². The van der Waals surface area contributed by atoms with E-state index in [1.54, 1.807) is 32.2 Å². The first-order valence-corrected chi connectivity index (χ1v) is 5.69. The summed E-state index contributed by atoms with van der Waals surface area (Å²) in [5, 5.41) is 10.4. The number of ether oxygens (including phenoxy) is 1. The van der Waals surface area contributed by atoms with Gasteiger partial charge in [-0.2, -0.15) is 0 Å². The molecule has 5 nitrogen and oxygen atoms in total. The highest BCUT2D eigenvalue weighted by atomic mass is 16.5. The van der Waals surface area contributed by atoms with E-state index in [9.17, 15) is 14.7 Å². The maximum Gasteiger partial charge on any atom is 0.337 e. The number of hydrogen-bond donors (Lipinski definition) is 1. The van der Waals surface area contributed by atoms with Crippen LogP contribution >= 0.6 is 0 Å². The summed E-state index contributed by atoms with van der Waals surface area (Å²) in [6, 6.07) is 4.72. The monoisotopic (exact) mass is 249 g/mol. The summed E-state index contributed by atoms with van der Waals surface area (Å²) < 4.78 is 4.63. The van der Waals surface area contributed by atoms with E-state index in [0.29, 0.717) is 23.2 Å². The molecule has 1 unspecified atom stereocenters. The van der Waals surface area contributed by atoms with Crippen molar-refractivity contribution in [3.8, 4) is 0 Å². The van der Waals surface area contributed by atoms with Crippen molar-refractivity contribution in [3.63, 3.8) is 0 Å². The van der Waals surface area contributed by atoms with E-state index in [4.69, 9.17) is 0 Å². The molecule has 0 saturated carbocycles. The number of fused-ring (bicyclic) bond motifs is 1. The molecular weight excluding hydrogens is 234 g/mol. The lowest BCUT2D eigenvalue weighted by atomic mass is 9.92. The van der Waals surface area contributed by atoms with Crippen LogP contribution in [0.4, 0.5) is 5.69 Å². The van der Waals surface area contributed by atoms with E-state index < -0.39 is 11.6 Å². The van der Waals surface area contributed by atoms with Crippen molar-refractivity contribution in [1.82, 2.24) is 0 Å². The highest BCUT2D eigenvalue weighted by Gasteiger charge is 2.47. The molecule has 0 saturated heterocycles. The number of hydrogen-bond acceptors (Lipinski definition) is 4. The Morgan fingerprint density at radius 3 is 2.72 bits per heavy atom. The van der Waals surface area contributed by atoms with Gasteiger partial charge in [-0.25, -0.2) is 4.79 Å². The van der Waals surface area contributed by atoms with Crippen molar-refractivity contribution in [2.75, 3.05) is 19.1 Å². The summed E-state index contributed by atoms with van der Waals surface area (Å²) in [7, 11) is 2.88. The van der Waals surface area contributed by atoms with Crippen molar-refractivity contribution in [2.24, 2.45) is 0 Å². The Kier molecular flexibility index (Phi) is 2.86. The maximum atomic E-state index is 12.0. The van der Waals surface area contributed by atoms with Crippen LogP contribution in [0.25, 0.3) is 0 Å². The Balaban J connectivity index is 2.57. The molecule has 0 radical (unpaired) electrons. The van der Waals surface area contributed by atoms with Crippen LogP contribution in [0.5, 0.6) is 0 Å². The Bertz CT molecular complexity index is 526. The molecule has 1 atom stereocenters. The second-order valence-electron chi connectivity index (χ2n) is 4.30. The number of nitrogens with zero attached hydrogens (tertiary/aromatic N) is 1. The molecule has 2 rings (SSSR count). The molecule has 0 bridgehead atoms. The van der Waals surface area contributed by atoms with Gasteiger partial charge in [-0.05, 0) is 18.6 Å². The van der Waals surface area contributed by atoms with E-state index in [1.165, 1.54) is 12.0 Å². The topological polar surface area (TPSA) is 66.8 Å². The van der Waals surface area contributed by atoms with E-state index >= 15 is 0 Å². The van der Waals surface area contributed by atoms with Gasteiger partial charge in [-0.3, -0.25) is 4.79 Å². The first-order valence-electron chi connectivity index (χ1n) is 5.69. The number of rotatable bonds is 2. The van der Waals surface area contributed by atoms with Crippen molar-refractivity contribution in [3.05, 3.63) is 29.3 Å². The lowest BCUT2D eigenvalue weighted by Gasteiger charge is -2.19. The summed E-state index contributed by atoms with van der Waals surface area (Å²) in [5.74, 6) is -0.840. The van der Waals surface area contributed by atoms with Gasteiger partial charge >= 0.3 is 5.97 Å². The molecular formula is C13H15NO4. The quantitative estimate of drug-likeness (QED) is 0.795. The molecule has 1 aliphatic heterocycles. The fourth-order valence-electron chi connectivity index (χ4n) is 2.25. The maximum absolute atomic E-state index is 12.0. The third-order valence-electron chi connectivity index (χ3n) is 3.40. The number of esters is 1. The summed E-state index contributed by atoms with van der Waals surface area (Å²) in [4.78, 5) is 24.8. The minimum absolute atomic E-state index is 0.292. The first kappa shape index (κ1) is 12.6. The van der Waals surface area contributed by atoms with Gasteiger partial charge in [-0.15, -0.1) is 0 Å². The van der Waals surface area contributed by atoms with E-state index in [2.05, 4.69) is 4.74 Å². The predicted octanol–water partition coefficient (Wildman–Crippen LogP) is 1.05. The van der Waals surface area contributed by atoms with Crippen molar-refractivity contribution < 1.29 is 19.4 Å². The summed E-state index contributed by atoms with van der Waals surface area (Å²) in [6.07, 6.45) is 0.292. The zero-order chi connectivity index (χ0) is 13.5. The van der Waals surface area contributed by atoms with Gasteiger partial charge in [0.1, 0.15) is 0 Å². The highest BCUT2D eigenvalue weighted by molar-refractivity contribution is 6.07. The summed E-state index contributed by atoms with van der Waals surface area (Å²) >= 11 is 0. The first-order chi connectivity index (χ1) is 8.45. The van der Waals surface area contributed by atoms with E-state index in [0.717, 1.165) is 0 Å². The standard InChI is InChI=1S/C13H15NO4/c1-4-13(17)9-6-5-8(11(15)18-3)7-10(9)14(2)12(13)16/h5-7,17H,4H2,1-3H3. The lowest BCUT2D eigenvalue weighted by Crippen LogP contribution is -2.37. The van der Waals surface area contributed by atoms with Crippen LogP contribution in [-0.2, 0) is 15.1 Å². The van der Waals surface area contributed by atoms with E-state index in [1.807, 2.05) is 0 Å². The average molecular weight is 249 g/mol. The van der Waals surface area contributed by atoms with Crippen LogP contribution < -0.4 is 4.90 Å². The smallest absolute Gasteiger partial charge is 0.337 e. The highest BCUT2D eigenvalue weighted by Crippen LogP contribution is 2.41. The molecule has 1 N–H and O–H groups in total.